The first kappa shape index (κ1) is 24.2. The number of nitrogens with zero attached hydrogens (tertiary/aromatic N) is 3. The van der Waals surface area contributed by atoms with Crippen LogP contribution in [0.2, 0.25) is 0 Å². The van der Waals surface area contributed by atoms with Crippen LogP contribution in [-0.4, -0.2) is 44.1 Å². The molecule has 14 heteroatoms. The predicted molar refractivity (Wildman–Crippen MR) is 121 cm³/mol. The zero-order chi connectivity index (χ0) is 24.8. The van der Waals surface area contributed by atoms with Gasteiger partial charge in [0.15, 0.2) is 5.11 Å². The Morgan fingerprint density at radius 3 is 2.24 bits per heavy atom. The van der Waals surface area contributed by atoms with E-state index >= 15 is 0 Å². The average molecular weight is 486 g/mol. The van der Waals surface area contributed by atoms with Crippen LogP contribution in [0.15, 0.2) is 48.5 Å². The Balaban J connectivity index is 1.53. The predicted octanol–water partition coefficient (Wildman–Crippen LogP) is 1.19. The van der Waals surface area contributed by atoms with E-state index in [-0.39, 0.29) is 29.5 Å². The van der Waals surface area contributed by atoms with E-state index < -0.39 is 39.0 Å². The van der Waals surface area contributed by atoms with Crippen LogP contribution >= 0.6 is 12.2 Å². The summed E-state index contributed by atoms with van der Waals surface area (Å²) in [6.07, 6.45) is 0.0107. The van der Waals surface area contributed by atoms with Gasteiger partial charge in [-0.05, 0) is 17.8 Å². The number of benzene rings is 2. The number of nitrogens with one attached hydrogen (secondary N) is 3. The third kappa shape index (κ3) is 6.07. The molecule has 2 aromatic carbocycles. The van der Waals surface area contributed by atoms with Gasteiger partial charge >= 0.3 is 0 Å². The van der Waals surface area contributed by atoms with E-state index in [1.54, 1.807) is 4.90 Å². The van der Waals surface area contributed by atoms with Crippen molar-refractivity contribution < 1.29 is 24.2 Å². The maximum absolute atomic E-state index is 12.4. The van der Waals surface area contributed by atoms with Gasteiger partial charge in [0.05, 0.1) is 27.4 Å². The van der Waals surface area contributed by atoms with Crippen LogP contribution < -0.4 is 16.2 Å². The molecule has 3 amide bonds. The fourth-order valence-corrected chi connectivity index (χ4v) is 3.41. The number of hydrogen-bond acceptors (Lipinski definition) is 8. The second-order valence-corrected chi connectivity index (χ2v) is 7.72. The van der Waals surface area contributed by atoms with Gasteiger partial charge in [-0.2, -0.15) is 0 Å². The van der Waals surface area contributed by atoms with Crippen molar-refractivity contribution in [2.75, 3.05) is 6.54 Å². The van der Waals surface area contributed by atoms with E-state index in [2.05, 4.69) is 16.2 Å². The minimum atomic E-state index is -0.955. The minimum Gasteiger partial charge on any atom is -0.338 e. The van der Waals surface area contributed by atoms with Gasteiger partial charge in [0, 0.05) is 31.6 Å². The summed E-state index contributed by atoms with van der Waals surface area (Å²) < 4.78 is 0. The molecule has 2 aromatic rings. The van der Waals surface area contributed by atoms with E-state index in [9.17, 15) is 34.6 Å². The largest absolute Gasteiger partial charge is 0.338 e. The van der Waals surface area contributed by atoms with Crippen molar-refractivity contribution in [2.24, 2.45) is 5.92 Å². The summed E-state index contributed by atoms with van der Waals surface area (Å²) in [4.78, 5) is 58.7. The Morgan fingerprint density at radius 2 is 1.65 bits per heavy atom. The molecule has 0 bridgehead atoms. The Morgan fingerprint density at radius 1 is 1.03 bits per heavy atom. The first-order valence-electron chi connectivity index (χ1n) is 9.81. The second kappa shape index (κ2) is 10.4. The molecule has 0 aliphatic carbocycles. The van der Waals surface area contributed by atoms with Crippen molar-refractivity contribution in [3.8, 4) is 0 Å². The summed E-state index contributed by atoms with van der Waals surface area (Å²) in [6.45, 7) is 0.582. The van der Waals surface area contributed by atoms with E-state index in [0.717, 1.165) is 23.8 Å². The fourth-order valence-electron chi connectivity index (χ4n) is 3.27. The third-order valence-electron chi connectivity index (χ3n) is 4.91. The topological polar surface area (TPSA) is 177 Å². The SMILES string of the molecule is O=C(NC(=S)NNC(=O)C1CC(=O)N(Cc2ccccc2)C1)c1cc([N+](=O)[O-])cc([N+](=O)[O-])c1. The Hall–Kier alpha value is -4.46. The Bertz CT molecular complexity index is 1140. The van der Waals surface area contributed by atoms with E-state index in [1.165, 1.54) is 0 Å². The molecule has 3 rings (SSSR count). The summed E-state index contributed by atoms with van der Waals surface area (Å²) in [5.41, 5.74) is 3.90. The van der Waals surface area contributed by atoms with E-state index in [1.807, 2.05) is 30.3 Å². The smallest absolute Gasteiger partial charge is 0.277 e. The number of non-ortho nitro benzene ring substituents is 2. The van der Waals surface area contributed by atoms with Crippen molar-refractivity contribution >= 4 is 46.4 Å². The lowest BCUT2D eigenvalue weighted by Crippen LogP contribution is -2.50. The molecule has 1 aliphatic rings. The van der Waals surface area contributed by atoms with Crippen LogP contribution in [0.5, 0.6) is 0 Å². The van der Waals surface area contributed by atoms with Gasteiger partial charge in [-0.15, -0.1) is 0 Å². The lowest BCUT2D eigenvalue weighted by molar-refractivity contribution is -0.394. The Labute approximate surface area is 197 Å². The summed E-state index contributed by atoms with van der Waals surface area (Å²) in [5.74, 6) is -2.29. The molecule has 1 heterocycles. The minimum absolute atomic E-state index is 0.0107. The molecule has 1 atom stereocenters. The summed E-state index contributed by atoms with van der Waals surface area (Å²) in [6, 6.07) is 11.7. The number of carbonyl (C=O) groups is 3. The van der Waals surface area contributed by atoms with E-state index in [4.69, 9.17) is 12.2 Å². The third-order valence-corrected chi connectivity index (χ3v) is 5.12. The monoisotopic (exact) mass is 486 g/mol. The number of likely N-dealkylation sites (tertiary alicyclic amines) is 1. The first-order valence-corrected chi connectivity index (χ1v) is 10.2. The highest BCUT2D eigenvalue weighted by Crippen LogP contribution is 2.23. The zero-order valence-corrected chi connectivity index (χ0v) is 18.2. The van der Waals surface area contributed by atoms with Crippen molar-refractivity contribution in [2.45, 2.75) is 13.0 Å². The maximum atomic E-state index is 12.4. The highest BCUT2D eigenvalue weighted by Gasteiger charge is 2.34. The van der Waals surface area contributed by atoms with Gasteiger partial charge in [0.25, 0.3) is 17.3 Å². The number of amides is 3. The van der Waals surface area contributed by atoms with Gasteiger partial charge < -0.3 is 4.90 Å². The average Bonchev–Trinajstić information content (AvgIpc) is 3.17. The van der Waals surface area contributed by atoms with Gasteiger partial charge in [0.1, 0.15) is 0 Å². The highest BCUT2D eigenvalue weighted by atomic mass is 32.1. The fraction of sp³-hybridized carbons (Fsp3) is 0.200. The van der Waals surface area contributed by atoms with Crippen LogP contribution in [0.4, 0.5) is 11.4 Å². The molecule has 1 saturated heterocycles. The second-order valence-electron chi connectivity index (χ2n) is 7.31. The van der Waals surface area contributed by atoms with Gasteiger partial charge in [0.2, 0.25) is 11.8 Å². The normalized spacial score (nSPS) is 14.9. The molecule has 0 aromatic heterocycles. The van der Waals surface area contributed by atoms with Gasteiger partial charge in [-0.25, -0.2) is 0 Å². The Kier molecular flexibility index (Phi) is 7.43. The number of hydrazine groups is 1. The maximum Gasteiger partial charge on any atom is 0.277 e. The zero-order valence-electron chi connectivity index (χ0n) is 17.4. The molecule has 13 nitrogen and oxygen atoms in total. The van der Waals surface area contributed by atoms with Gasteiger partial charge in [-0.3, -0.25) is 50.8 Å². The highest BCUT2D eigenvalue weighted by molar-refractivity contribution is 7.80. The molecule has 0 saturated carbocycles. The summed E-state index contributed by atoms with van der Waals surface area (Å²) >= 11 is 4.92. The lowest BCUT2D eigenvalue weighted by Gasteiger charge is -2.17. The molecule has 3 N–H and O–H groups in total. The molecule has 1 unspecified atom stereocenters. The molecule has 1 aliphatic heterocycles. The quantitative estimate of drug-likeness (QED) is 0.307. The van der Waals surface area contributed by atoms with Crippen LogP contribution in [0, 0.1) is 26.1 Å². The molecule has 1 fully saturated rings. The standard InChI is InChI=1S/C20H18N6O7S/c27-17-8-14(11-24(17)10-12-4-2-1-3-5-12)19(29)22-23-20(34)21-18(28)13-6-15(25(30)31)9-16(7-13)26(32)33/h1-7,9,14H,8,10-11H2,(H,22,29)(H2,21,23,28,34). The summed E-state index contributed by atoms with van der Waals surface area (Å²) in [7, 11) is 0. The number of nitro groups is 2. The van der Waals surface area contributed by atoms with Gasteiger partial charge in [-0.1, -0.05) is 30.3 Å². The van der Waals surface area contributed by atoms with Crippen molar-refractivity contribution in [3.05, 3.63) is 79.9 Å². The lowest BCUT2D eigenvalue weighted by atomic mass is 10.1. The van der Waals surface area contributed by atoms with Crippen LogP contribution in [0.25, 0.3) is 0 Å². The molecule has 176 valence electrons. The van der Waals surface area contributed by atoms with Crippen LogP contribution in [0.1, 0.15) is 22.3 Å². The number of hydrogen-bond donors (Lipinski definition) is 3. The van der Waals surface area contributed by atoms with Crippen molar-refractivity contribution in [3.63, 3.8) is 0 Å². The van der Waals surface area contributed by atoms with E-state index in [0.29, 0.717) is 6.54 Å². The number of carbonyl (C=O) groups excluding carboxylic acids is 3. The van der Waals surface area contributed by atoms with Crippen molar-refractivity contribution in [1.82, 2.24) is 21.1 Å². The molecule has 0 radical (unpaired) electrons. The van der Waals surface area contributed by atoms with Crippen LogP contribution in [-0.2, 0) is 16.1 Å². The molecular weight excluding hydrogens is 468 g/mol. The number of thiocarbonyl (C=S) groups is 1. The molecule has 0 spiro atoms. The summed E-state index contributed by atoms with van der Waals surface area (Å²) in [5, 5.41) is 23.7. The molecule has 34 heavy (non-hydrogen) atoms. The number of rotatable bonds is 6. The van der Waals surface area contributed by atoms with Crippen molar-refractivity contribution in [1.29, 1.82) is 0 Å². The first-order chi connectivity index (χ1) is 16.1. The number of nitro benzene ring substituents is 2. The molecular formula is C20H18N6O7S. The van der Waals surface area contributed by atoms with Crippen LogP contribution in [0.3, 0.4) is 0 Å².